The van der Waals surface area contributed by atoms with E-state index in [1.165, 1.54) is 12.1 Å². The molecule has 0 aromatic heterocycles. The van der Waals surface area contributed by atoms with E-state index in [2.05, 4.69) is 21.2 Å². The lowest BCUT2D eigenvalue weighted by molar-refractivity contribution is -0.144. The summed E-state index contributed by atoms with van der Waals surface area (Å²) in [6.07, 6.45) is 4.72. The highest BCUT2D eigenvalue weighted by atomic mass is 19.1. The van der Waals surface area contributed by atoms with E-state index in [-0.39, 0.29) is 41.6 Å². The number of rotatable bonds is 4. The first-order valence-electron chi connectivity index (χ1n) is 12.2. The maximum absolute atomic E-state index is 13.4. The summed E-state index contributed by atoms with van der Waals surface area (Å²) < 4.78 is 13.2. The summed E-state index contributed by atoms with van der Waals surface area (Å²) in [4.78, 5) is 32.8. The zero-order valence-corrected chi connectivity index (χ0v) is 19.4. The van der Waals surface area contributed by atoms with Crippen molar-refractivity contribution in [3.8, 4) is 6.07 Å². The Morgan fingerprint density at radius 1 is 1.00 bits per heavy atom. The van der Waals surface area contributed by atoms with E-state index in [1.54, 1.807) is 12.1 Å². The Kier molecular flexibility index (Phi) is 7.49. The number of piperidine rings is 1. The second kappa shape index (κ2) is 10.5. The fraction of sp³-hybridized carbons (Fsp3) is 0.640. The van der Waals surface area contributed by atoms with Gasteiger partial charge in [-0.3, -0.25) is 14.5 Å². The van der Waals surface area contributed by atoms with Gasteiger partial charge in [-0.05, 0) is 57.0 Å². The van der Waals surface area contributed by atoms with Crippen LogP contribution in [-0.4, -0.2) is 67.6 Å². The number of nitriles is 1. The number of halogens is 1. The maximum Gasteiger partial charge on any atom is 0.226 e. The molecular weight excluding hydrogens is 421 g/mol. The number of nitrogens with one attached hydrogen (secondary N) is 1. The van der Waals surface area contributed by atoms with Crippen LogP contribution in [0.2, 0.25) is 0 Å². The average molecular weight is 456 g/mol. The van der Waals surface area contributed by atoms with Gasteiger partial charge in [0.05, 0.1) is 18.2 Å². The van der Waals surface area contributed by atoms with Crippen LogP contribution in [0.1, 0.15) is 38.5 Å². The molecule has 1 aliphatic carbocycles. The topological polar surface area (TPSA) is 79.7 Å². The summed E-state index contributed by atoms with van der Waals surface area (Å²) in [5.41, 5.74) is 0.964. The molecule has 2 saturated heterocycles. The van der Waals surface area contributed by atoms with Crippen LogP contribution in [-0.2, 0) is 9.59 Å². The largest absolute Gasteiger partial charge is 0.368 e. The Morgan fingerprint density at radius 2 is 1.67 bits per heavy atom. The first-order chi connectivity index (χ1) is 16.0. The molecule has 0 bridgehead atoms. The van der Waals surface area contributed by atoms with Crippen LogP contribution in [0, 0.1) is 34.9 Å². The standard InChI is InChI=1S/C25H34FN5O2/c1-29-11-10-18(17-27)16-23(29)28-24(32)21-4-2-3-5-22(21)25(33)31-14-12-30(13-15-31)20-8-6-19(26)7-9-20/h6-9,18,21-23H,2-5,10-16H2,1H3,(H,28,32)/t18?,21-,22-,23?/m1/s1. The molecule has 2 heterocycles. The molecule has 0 spiro atoms. The number of hydrogen-bond donors (Lipinski definition) is 1. The Balaban J connectivity index is 1.35. The SMILES string of the molecule is CN1CCC(C#N)CC1NC(=O)[C@@H]1CCCC[C@H]1C(=O)N1CCN(c2ccc(F)cc2)CC1. The van der Waals surface area contributed by atoms with Crippen molar-refractivity contribution < 1.29 is 14.0 Å². The van der Waals surface area contributed by atoms with E-state index in [0.29, 0.717) is 32.6 Å². The molecule has 4 atom stereocenters. The highest BCUT2D eigenvalue weighted by molar-refractivity contribution is 5.88. The summed E-state index contributed by atoms with van der Waals surface area (Å²) in [7, 11) is 1.97. The number of hydrogen-bond acceptors (Lipinski definition) is 5. The maximum atomic E-state index is 13.4. The summed E-state index contributed by atoms with van der Waals surface area (Å²) in [5, 5.41) is 12.4. The van der Waals surface area contributed by atoms with Crippen LogP contribution >= 0.6 is 0 Å². The fourth-order valence-electron chi connectivity index (χ4n) is 5.45. The van der Waals surface area contributed by atoms with E-state index in [0.717, 1.165) is 44.3 Å². The summed E-state index contributed by atoms with van der Waals surface area (Å²) in [6.45, 7) is 3.40. The third-order valence-corrected chi connectivity index (χ3v) is 7.56. The lowest BCUT2D eigenvalue weighted by Gasteiger charge is -2.40. The molecule has 1 aromatic carbocycles. The normalized spacial score (nSPS) is 28.8. The summed E-state index contributed by atoms with van der Waals surface area (Å²) in [5.74, 6) is -0.840. The highest BCUT2D eigenvalue weighted by Gasteiger charge is 2.40. The molecule has 2 aliphatic heterocycles. The minimum absolute atomic E-state index is 0.0345. The molecule has 7 nitrogen and oxygen atoms in total. The van der Waals surface area contributed by atoms with Crippen molar-refractivity contribution in [2.45, 2.75) is 44.7 Å². The number of benzene rings is 1. The predicted molar refractivity (Wildman–Crippen MR) is 124 cm³/mol. The van der Waals surface area contributed by atoms with Crippen LogP contribution in [0.3, 0.4) is 0 Å². The molecule has 1 N–H and O–H groups in total. The van der Waals surface area contributed by atoms with Gasteiger partial charge in [-0.25, -0.2) is 4.39 Å². The minimum atomic E-state index is -0.308. The lowest BCUT2D eigenvalue weighted by Crippen LogP contribution is -2.55. The monoisotopic (exact) mass is 455 g/mol. The third-order valence-electron chi connectivity index (χ3n) is 7.56. The zero-order chi connectivity index (χ0) is 23.4. The van der Waals surface area contributed by atoms with Gasteiger partial charge in [0.1, 0.15) is 5.82 Å². The Bertz CT molecular complexity index is 878. The molecule has 3 aliphatic rings. The predicted octanol–water partition coefficient (Wildman–Crippen LogP) is 2.59. The first kappa shape index (κ1) is 23.5. The number of piperazine rings is 1. The smallest absolute Gasteiger partial charge is 0.226 e. The van der Waals surface area contributed by atoms with Crippen molar-refractivity contribution in [2.75, 3.05) is 44.7 Å². The minimum Gasteiger partial charge on any atom is -0.368 e. The van der Waals surface area contributed by atoms with E-state index in [1.807, 2.05) is 11.9 Å². The molecule has 33 heavy (non-hydrogen) atoms. The molecule has 3 fully saturated rings. The summed E-state index contributed by atoms with van der Waals surface area (Å²) in [6, 6.07) is 8.79. The summed E-state index contributed by atoms with van der Waals surface area (Å²) >= 11 is 0. The van der Waals surface area contributed by atoms with E-state index >= 15 is 0 Å². The number of likely N-dealkylation sites (tertiary alicyclic amines) is 1. The van der Waals surface area contributed by atoms with Gasteiger partial charge in [0.2, 0.25) is 11.8 Å². The molecule has 8 heteroatoms. The lowest BCUT2D eigenvalue weighted by atomic mass is 9.77. The van der Waals surface area contributed by atoms with Gasteiger partial charge in [-0.15, -0.1) is 0 Å². The number of nitrogens with zero attached hydrogens (tertiary/aromatic N) is 4. The van der Waals surface area contributed by atoms with Gasteiger partial charge in [0.15, 0.2) is 0 Å². The van der Waals surface area contributed by atoms with E-state index < -0.39 is 0 Å². The molecule has 2 amide bonds. The molecule has 178 valence electrons. The molecule has 0 radical (unpaired) electrons. The van der Waals surface area contributed by atoms with E-state index in [4.69, 9.17) is 0 Å². The van der Waals surface area contributed by atoms with Gasteiger partial charge in [-0.1, -0.05) is 12.8 Å². The molecule has 1 aromatic rings. The first-order valence-corrected chi connectivity index (χ1v) is 12.2. The van der Waals surface area contributed by atoms with E-state index in [9.17, 15) is 19.2 Å². The Hall–Kier alpha value is -2.66. The van der Waals surface area contributed by atoms with Gasteiger partial charge in [0, 0.05) is 50.2 Å². The van der Waals surface area contributed by atoms with Crippen LogP contribution in [0.25, 0.3) is 0 Å². The van der Waals surface area contributed by atoms with Gasteiger partial charge in [-0.2, -0.15) is 5.26 Å². The quantitative estimate of drug-likeness (QED) is 0.755. The zero-order valence-electron chi connectivity index (χ0n) is 19.4. The Morgan fingerprint density at radius 3 is 2.33 bits per heavy atom. The Labute approximate surface area is 195 Å². The van der Waals surface area contributed by atoms with Crippen molar-refractivity contribution in [1.29, 1.82) is 5.26 Å². The van der Waals surface area contributed by atoms with Crippen molar-refractivity contribution >= 4 is 17.5 Å². The van der Waals surface area contributed by atoms with Gasteiger partial charge in [0.25, 0.3) is 0 Å². The second-order valence-corrected chi connectivity index (χ2v) is 9.64. The van der Waals surface area contributed by atoms with Crippen LogP contribution < -0.4 is 10.2 Å². The molecule has 2 unspecified atom stereocenters. The second-order valence-electron chi connectivity index (χ2n) is 9.64. The molecule has 1 saturated carbocycles. The van der Waals surface area contributed by atoms with Gasteiger partial charge >= 0.3 is 0 Å². The van der Waals surface area contributed by atoms with Crippen molar-refractivity contribution in [1.82, 2.24) is 15.1 Å². The number of amides is 2. The van der Waals surface area contributed by atoms with Gasteiger partial charge < -0.3 is 15.1 Å². The van der Waals surface area contributed by atoms with Crippen LogP contribution in [0.5, 0.6) is 0 Å². The fourth-order valence-corrected chi connectivity index (χ4v) is 5.45. The van der Waals surface area contributed by atoms with Crippen molar-refractivity contribution in [3.05, 3.63) is 30.1 Å². The third kappa shape index (κ3) is 5.47. The van der Waals surface area contributed by atoms with Crippen molar-refractivity contribution in [3.63, 3.8) is 0 Å². The number of carbonyl (C=O) groups excluding carboxylic acids is 2. The average Bonchev–Trinajstić information content (AvgIpc) is 2.85. The number of anilines is 1. The van der Waals surface area contributed by atoms with Crippen LogP contribution in [0.4, 0.5) is 10.1 Å². The number of carbonyl (C=O) groups is 2. The molecule has 4 rings (SSSR count). The van der Waals surface area contributed by atoms with Crippen LogP contribution in [0.15, 0.2) is 24.3 Å². The highest BCUT2D eigenvalue weighted by Crippen LogP contribution is 2.33. The van der Waals surface area contributed by atoms with Crippen molar-refractivity contribution in [2.24, 2.45) is 17.8 Å². The molecular formula is C25H34FN5O2.